The van der Waals surface area contributed by atoms with Crippen LogP contribution in [0.5, 0.6) is 0 Å². The highest BCUT2D eigenvalue weighted by Crippen LogP contribution is 2.19. The molecule has 0 aliphatic carbocycles. The molecule has 2 aromatic rings. The summed E-state index contributed by atoms with van der Waals surface area (Å²) in [5, 5.41) is 2.73. The number of amides is 2. The molecule has 1 unspecified atom stereocenters. The molecule has 2 heterocycles. The van der Waals surface area contributed by atoms with Crippen LogP contribution < -0.4 is 5.32 Å². The first-order valence-electron chi connectivity index (χ1n) is 9.82. The summed E-state index contributed by atoms with van der Waals surface area (Å²) in [4.78, 5) is 43.5. The molecule has 1 fully saturated rings. The third-order valence-corrected chi connectivity index (χ3v) is 4.86. The van der Waals surface area contributed by atoms with E-state index in [4.69, 9.17) is 4.74 Å². The summed E-state index contributed by atoms with van der Waals surface area (Å²) in [6.07, 6.45) is 3.53. The number of nitrogens with one attached hydrogen (secondary N) is 1. The van der Waals surface area contributed by atoms with E-state index in [0.29, 0.717) is 30.3 Å². The predicted octanol–water partition coefficient (Wildman–Crippen LogP) is 3.38. The van der Waals surface area contributed by atoms with Crippen molar-refractivity contribution in [2.75, 3.05) is 25.0 Å². The maximum atomic E-state index is 12.8. The first-order valence-corrected chi connectivity index (χ1v) is 9.82. The van der Waals surface area contributed by atoms with E-state index in [9.17, 15) is 14.4 Å². The molecule has 0 saturated carbocycles. The Balaban J connectivity index is 1.77. The maximum Gasteiger partial charge on any atom is 0.340 e. The molecule has 0 spiro atoms. The lowest BCUT2D eigenvalue weighted by atomic mass is 10.00. The molecule has 1 aromatic carbocycles. The first kappa shape index (κ1) is 20.5. The molecule has 7 nitrogen and oxygen atoms in total. The highest BCUT2D eigenvalue weighted by Gasteiger charge is 2.24. The molecule has 0 bridgehead atoms. The summed E-state index contributed by atoms with van der Waals surface area (Å²) in [6, 6.07) is 9.67. The van der Waals surface area contributed by atoms with Gasteiger partial charge in [-0.3, -0.25) is 14.6 Å². The second kappa shape index (κ2) is 9.32. The lowest BCUT2D eigenvalue weighted by Crippen LogP contribution is -2.39. The van der Waals surface area contributed by atoms with Crippen LogP contribution in [0.4, 0.5) is 5.69 Å². The van der Waals surface area contributed by atoms with Crippen molar-refractivity contribution in [2.24, 2.45) is 5.92 Å². The van der Waals surface area contributed by atoms with Crippen molar-refractivity contribution in [1.29, 1.82) is 0 Å². The van der Waals surface area contributed by atoms with Crippen LogP contribution in [0.25, 0.3) is 0 Å². The fraction of sp³-hybridized carbons (Fsp3) is 0.364. The van der Waals surface area contributed by atoms with Gasteiger partial charge >= 0.3 is 5.97 Å². The van der Waals surface area contributed by atoms with Crippen LogP contribution in [0.15, 0.2) is 42.6 Å². The topological polar surface area (TPSA) is 88.6 Å². The van der Waals surface area contributed by atoms with Gasteiger partial charge in [0.1, 0.15) is 5.69 Å². The van der Waals surface area contributed by atoms with Gasteiger partial charge in [-0.15, -0.1) is 0 Å². The predicted molar refractivity (Wildman–Crippen MR) is 109 cm³/mol. The minimum absolute atomic E-state index is 0.168. The zero-order valence-electron chi connectivity index (χ0n) is 16.7. The summed E-state index contributed by atoms with van der Waals surface area (Å²) in [6.45, 7) is 5.49. The second-order valence-corrected chi connectivity index (χ2v) is 7.15. The minimum atomic E-state index is -0.506. The largest absolute Gasteiger partial charge is 0.462 e. The number of ether oxygens (including phenoxy) is 1. The zero-order chi connectivity index (χ0) is 20.8. The number of piperidine rings is 1. The molecule has 1 aliphatic rings. The Hall–Kier alpha value is -3.22. The molecule has 152 valence electrons. The van der Waals surface area contributed by atoms with E-state index in [1.54, 1.807) is 36.1 Å². The van der Waals surface area contributed by atoms with E-state index in [1.807, 2.05) is 0 Å². The first-order chi connectivity index (χ1) is 14.0. The van der Waals surface area contributed by atoms with Gasteiger partial charge in [-0.05, 0) is 49.9 Å². The van der Waals surface area contributed by atoms with Crippen LogP contribution in [0.2, 0.25) is 0 Å². The third-order valence-electron chi connectivity index (χ3n) is 4.86. The molecule has 7 heteroatoms. The van der Waals surface area contributed by atoms with Crippen LogP contribution in [0.1, 0.15) is 57.9 Å². The highest BCUT2D eigenvalue weighted by atomic mass is 16.5. The zero-order valence-corrected chi connectivity index (χ0v) is 16.7. The number of para-hydroxylation sites is 1. The fourth-order valence-electron chi connectivity index (χ4n) is 3.40. The second-order valence-electron chi connectivity index (χ2n) is 7.15. The van der Waals surface area contributed by atoms with Crippen molar-refractivity contribution in [3.05, 3.63) is 59.4 Å². The molecule has 1 aliphatic heterocycles. The van der Waals surface area contributed by atoms with Gasteiger partial charge in [0, 0.05) is 24.8 Å². The number of hydrogen-bond donors (Lipinski definition) is 1. The number of hydrogen-bond acceptors (Lipinski definition) is 5. The normalized spacial score (nSPS) is 16.2. The van der Waals surface area contributed by atoms with E-state index >= 15 is 0 Å². The summed E-state index contributed by atoms with van der Waals surface area (Å²) >= 11 is 0. The summed E-state index contributed by atoms with van der Waals surface area (Å²) < 4.78 is 5.03. The molecule has 1 atom stereocenters. The van der Waals surface area contributed by atoms with Crippen molar-refractivity contribution < 1.29 is 19.1 Å². The van der Waals surface area contributed by atoms with Gasteiger partial charge in [0.15, 0.2) is 0 Å². The smallest absolute Gasteiger partial charge is 0.340 e. The average Bonchev–Trinajstić information content (AvgIpc) is 2.74. The van der Waals surface area contributed by atoms with Gasteiger partial charge in [-0.25, -0.2) is 4.79 Å². The molecular formula is C22H25N3O4. The average molecular weight is 395 g/mol. The van der Waals surface area contributed by atoms with Gasteiger partial charge in [-0.1, -0.05) is 19.1 Å². The van der Waals surface area contributed by atoms with Gasteiger partial charge in [0.05, 0.1) is 17.9 Å². The standard InChI is InChI=1S/C22H25N3O4/c1-3-29-22(28)17-8-4-5-9-18(17)24-20(26)16-10-11-23-19(13-16)21(27)25-12-6-7-15(2)14-25/h4-5,8-11,13,15H,3,6-7,12,14H2,1-2H3,(H,24,26). The molecule has 1 aromatic heterocycles. The highest BCUT2D eigenvalue weighted by molar-refractivity contribution is 6.08. The number of carbonyl (C=O) groups excluding carboxylic acids is 3. The monoisotopic (exact) mass is 395 g/mol. The number of likely N-dealkylation sites (tertiary alicyclic amines) is 1. The Kier molecular flexibility index (Phi) is 6.59. The number of esters is 1. The minimum Gasteiger partial charge on any atom is -0.462 e. The lowest BCUT2D eigenvalue weighted by molar-refractivity contribution is 0.0527. The number of anilines is 1. The molecule has 1 saturated heterocycles. The summed E-state index contributed by atoms with van der Waals surface area (Å²) in [5.41, 5.74) is 1.17. The summed E-state index contributed by atoms with van der Waals surface area (Å²) in [5.74, 6) is -0.643. The Morgan fingerprint density at radius 2 is 2.03 bits per heavy atom. The number of pyridine rings is 1. The fourth-order valence-corrected chi connectivity index (χ4v) is 3.40. The Morgan fingerprint density at radius 3 is 2.79 bits per heavy atom. The van der Waals surface area contributed by atoms with E-state index in [0.717, 1.165) is 12.8 Å². The van der Waals surface area contributed by atoms with Crippen molar-refractivity contribution in [3.63, 3.8) is 0 Å². The van der Waals surface area contributed by atoms with Gasteiger partial charge in [0.2, 0.25) is 0 Å². The molecule has 29 heavy (non-hydrogen) atoms. The molecule has 0 radical (unpaired) electrons. The Bertz CT molecular complexity index is 912. The Labute approximate surface area is 170 Å². The van der Waals surface area contributed by atoms with Gasteiger partial charge in [-0.2, -0.15) is 0 Å². The van der Waals surface area contributed by atoms with E-state index in [2.05, 4.69) is 17.2 Å². The van der Waals surface area contributed by atoms with E-state index < -0.39 is 11.9 Å². The van der Waals surface area contributed by atoms with E-state index in [1.165, 1.54) is 18.3 Å². The lowest BCUT2D eigenvalue weighted by Gasteiger charge is -2.30. The van der Waals surface area contributed by atoms with Crippen LogP contribution in [0, 0.1) is 5.92 Å². The van der Waals surface area contributed by atoms with Gasteiger partial charge in [0.25, 0.3) is 11.8 Å². The number of aromatic nitrogens is 1. The number of rotatable bonds is 5. The number of nitrogens with zero attached hydrogens (tertiary/aromatic N) is 2. The summed E-state index contributed by atoms with van der Waals surface area (Å²) in [7, 11) is 0. The molecule has 1 N–H and O–H groups in total. The van der Waals surface area contributed by atoms with E-state index in [-0.39, 0.29) is 23.8 Å². The maximum absolute atomic E-state index is 12.8. The quantitative estimate of drug-likeness (QED) is 0.784. The van der Waals surface area contributed by atoms with Crippen molar-refractivity contribution in [1.82, 2.24) is 9.88 Å². The number of benzene rings is 1. The number of carbonyl (C=O) groups is 3. The van der Waals surface area contributed by atoms with Crippen molar-refractivity contribution >= 4 is 23.5 Å². The molecular weight excluding hydrogens is 370 g/mol. The Morgan fingerprint density at radius 1 is 1.24 bits per heavy atom. The van der Waals surface area contributed by atoms with Crippen LogP contribution in [-0.2, 0) is 4.74 Å². The SMILES string of the molecule is CCOC(=O)c1ccccc1NC(=O)c1ccnc(C(=O)N2CCCC(C)C2)c1. The molecule has 2 amide bonds. The van der Waals surface area contributed by atoms with Crippen molar-refractivity contribution in [3.8, 4) is 0 Å². The third kappa shape index (κ3) is 4.99. The van der Waals surface area contributed by atoms with Crippen LogP contribution >= 0.6 is 0 Å². The van der Waals surface area contributed by atoms with Crippen molar-refractivity contribution in [2.45, 2.75) is 26.7 Å². The van der Waals surface area contributed by atoms with Crippen LogP contribution in [0.3, 0.4) is 0 Å². The molecule has 3 rings (SSSR count). The van der Waals surface area contributed by atoms with Crippen LogP contribution in [-0.4, -0.2) is 47.4 Å². The van der Waals surface area contributed by atoms with Gasteiger partial charge < -0.3 is 15.0 Å².